The summed E-state index contributed by atoms with van der Waals surface area (Å²) in [5.74, 6) is 1.49. The molecule has 7 nitrogen and oxygen atoms in total. The van der Waals surface area contributed by atoms with Crippen LogP contribution in [0.4, 0.5) is 4.79 Å². The lowest BCUT2D eigenvalue weighted by Gasteiger charge is -2.29. The van der Waals surface area contributed by atoms with Gasteiger partial charge in [-0.25, -0.2) is 9.78 Å². The van der Waals surface area contributed by atoms with Crippen LogP contribution in [-0.4, -0.2) is 40.4 Å². The number of carbonyl (C=O) groups excluding carboxylic acids is 1. The molecule has 2 aromatic carbocycles. The Hall–Kier alpha value is -3.06. The predicted octanol–water partition coefficient (Wildman–Crippen LogP) is 4.02. The molecule has 3 aromatic rings. The molecule has 0 unspecified atom stereocenters. The number of aromatic nitrogens is 2. The van der Waals surface area contributed by atoms with Gasteiger partial charge < -0.3 is 25.5 Å². The molecule has 4 N–H and O–H groups in total. The van der Waals surface area contributed by atoms with Crippen LogP contribution < -0.4 is 15.4 Å². The Balaban J connectivity index is 1.56. The number of aromatic amines is 1. The van der Waals surface area contributed by atoms with Crippen molar-refractivity contribution in [2.24, 2.45) is 0 Å². The highest BCUT2D eigenvalue weighted by atomic mass is 16.5. The van der Waals surface area contributed by atoms with Crippen molar-refractivity contribution in [3.8, 4) is 5.75 Å². The van der Waals surface area contributed by atoms with Crippen LogP contribution in [0.2, 0.25) is 0 Å². The zero-order valence-electron chi connectivity index (χ0n) is 18.0. The van der Waals surface area contributed by atoms with Gasteiger partial charge in [-0.2, -0.15) is 0 Å². The monoisotopic (exact) mass is 422 g/mol. The van der Waals surface area contributed by atoms with Crippen LogP contribution in [0.5, 0.6) is 5.75 Å². The molecule has 0 spiro atoms. The van der Waals surface area contributed by atoms with E-state index in [2.05, 4.69) is 22.5 Å². The van der Waals surface area contributed by atoms with Crippen LogP contribution >= 0.6 is 0 Å². The molecule has 164 valence electrons. The number of urea groups is 1. The van der Waals surface area contributed by atoms with E-state index in [1.54, 1.807) is 7.11 Å². The van der Waals surface area contributed by atoms with Gasteiger partial charge in [0.25, 0.3) is 0 Å². The Morgan fingerprint density at radius 3 is 2.52 bits per heavy atom. The number of carbonyl (C=O) groups is 1. The summed E-state index contributed by atoms with van der Waals surface area (Å²) in [5, 5.41) is 15.9. The van der Waals surface area contributed by atoms with E-state index in [4.69, 9.17) is 9.72 Å². The fourth-order valence-corrected chi connectivity index (χ4v) is 4.24. The normalized spacial score (nSPS) is 20.7. The van der Waals surface area contributed by atoms with Gasteiger partial charge in [0.05, 0.1) is 30.3 Å². The predicted molar refractivity (Wildman–Crippen MR) is 120 cm³/mol. The van der Waals surface area contributed by atoms with Crippen molar-refractivity contribution in [1.82, 2.24) is 20.6 Å². The maximum Gasteiger partial charge on any atom is 0.315 e. The van der Waals surface area contributed by atoms with E-state index in [1.807, 2.05) is 48.5 Å². The van der Waals surface area contributed by atoms with Crippen molar-refractivity contribution >= 4 is 17.1 Å². The average molecular weight is 423 g/mol. The zero-order valence-corrected chi connectivity index (χ0v) is 18.0. The van der Waals surface area contributed by atoms with Crippen LogP contribution in [0.15, 0.2) is 48.5 Å². The maximum absolute atomic E-state index is 12.9. The number of hydrogen-bond acceptors (Lipinski definition) is 4. The molecule has 1 heterocycles. The van der Waals surface area contributed by atoms with E-state index in [-0.39, 0.29) is 30.1 Å². The Labute approximate surface area is 182 Å². The number of aliphatic hydroxyl groups is 1. The minimum absolute atomic E-state index is 0.0228. The van der Waals surface area contributed by atoms with Gasteiger partial charge in [0.2, 0.25) is 0 Å². The molecule has 2 atom stereocenters. The first-order chi connectivity index (χ1) is 15.0. The highest BCUT2D eigenvalue weighted by Crippen LogP contribution is 2.31. The second kappa shape index (κ2) is 9.39. The molecule has 0 radical (unpaired) electrons. The van der Waals surface area contributed by atoms with Crippen molar-refractivity contribution in [3.05, 3.63) is 59.9 Å². The molecule has 31 heavy (non-hydrogen) atoms. The molecule has 1 aliphatic rings. The molecular weight excluding hydrogens is 392 g/mol. The summed E-state index contributed by atoms with van der Waals surface area (Å²) < 4.78 is 5.27. The van der Waals surface area contributed by atoms with Crippen molar-refractivity contribution in [3.63, 3.8) is 0 Å². The number of nitrogens with zero attached hydrogens (tertiary/aromatic N) is 1. The third-order valence-corrected chi connectivity index (χ3v) is 6.16. The number of nitrogens with one attached hydrogen (secondary N) is 3. The highest BCUT2D eigenvalue weighted by Gasteiger charge is 2.28. The lowest BCUT2D eigenvalue weighted by Crippen LogP contribution is -2.46. The number of rotatable bonds is 6. The third kappa shape index (κ3) is 4.99. The standard InChI is InChI=1S/C24H30N4O3/c1-15(16-7-13-19(31-2)14-8-16)22(23-26-20-5-3-4-6-21(20)27-23)28-24(30)25-17-9-11-18(29)12-10-17/h3-8,13-15,17-18,22,29H,9-12H2,1-2H3,(H,26,27)(H2,25,28,30)/t15-,17?,18?,22+/m0/s1. The first-order valence-electron chi connectivity index (χ1n) is 10.9. The summed E-state index contributed by atoms with van der Waals surface area (Å²) in [6.45, 7) is 2.08. The van der Waals surface area contributed by atoms with E-state index < -0.39 is 0 Å². The molecular formula is C24H30N4O3. The lowest BCUT2D eigenvalue weighted by molar-refractivity contribution is 0.117. The SMILES string of the molecule is COc1ccc([C@H](C)[C@@H](NC(=O)NC2CCC(O)CC2)c2nc3ccccc3[nH]2)cc1. The fourth-order valence-electron chi connectivity index (χ4n) is 4.24. The van der Waals surface area contributed by atoms with Crippen molar-refractivity contribution in [1.29, 1.82) is 0 Å². The van der Waals surface area contributed by atoms with Crippen molar-refractivity contribution in [2.45, 2.75) is 56.7 Å². The molecule has 2 amide bonds. The number of benzene rings is 2. The molecule has 0 saturated heterocycles. The number of fused-ring (bicyclic) bond motifs is 1. The number of methoxy groups -OCH3 is 1. The van der Waals surface area contributed by atoms with Crippen LogP contribution in [0, 0.1) is 0 Å². The maximum atomic E-state index is 12.9. The third-order valence-electron chi connectivity index (χ3n) is 6.16. The largest absolute Gasteiger partial charge is 0.497 e. The summed E-state index contributed by atoms with van der Waals surface area (Å²) in [5.41, 5.74) is 2.88. The Morgan fingerprint density at radius 2 is 1.84 bits per heavy atom. The molecule has 1 saturated carbocycles. The van der Waals surface area contributed by atoms with Gasteiger partial charge in [0, 0.05) is 12.0 Å². The highest BCUT2D eigenvalue weighted by molar-refractivity contribution is 5.77. The molecule has 1 aromatic heterocycles. The zero-order chi connectivity index (χ0) is 21.8. The van der Waals surface area contributed by atoms with E-state index in [9.17, 15) is 9.90 Å². The topological polar surface area (TPSA) is 99.3 Å². The smallest absolute Gasteiger partial charge is 0.315 e. The summed E-state index contributed by atoms with van der Waals surface area (Å²) in [6.07, 6.45) is 2.77. The number of H-pyrrole nitrogens is 1. The molecule has 1 aliphatic carbocycles. The molecule has 7 heteroatoms. The number of para-hydroxylation sites is 2. The molecule has 0 aliphatic heterocycles. The first-order valence-corrected chi connectivity index (χ1v) is 10.9. The average Bonchev–Trinajstić information content (AvgIpc) is 3.22. The van der Waals surface area contributed by atoms with Gasteiger partial charge in [-0.1, -0.05) is 31.2 Å². The second-order valence-corrected chi connectivity index (χ2v) is 8.30. The van der Waals surface area contributed by atoms with Crippen LogP contribution in [0.3, 0.4) is 0 Å². The minimum Gasteiger partial charge on any atom is -0.497 e. The minimum atomic E-state index is -0.338. The van der Waals surface area contributed by atoms with E-state index in [1.165, 1.54) is 0 Å². The number of imidazole rings is 1. The van der Waals surface area contributed by atoms with Crippen molar-refractivity contribution in [2.75, 3.05) is 7.11 Å². The second-order valence-electron chi connectivity index (χ2n) is 8.30. The Kier molecular flexibility index (Phi) is 6.42. The number of aliphatic hydroxyl groups excluding tert-OH is 1. The summed E-state index contributed by atoms with van der Waals surface area (Å²) in [7, 11) is 1.64. The van der Waals surface area contributed by atoms with Gasteiger partial charge in [0.1, 0.15) is 11.6 Å². The summed E-state index contributed by atoms with van der Waals surface area (Å²) in [6, 6.07) is 15.3. The van der Waals surface area contributed by atoms with E-state index in [0.29, 0.717) is 0 Å². The fraction of sp³-hybridized carbons (Fsp3) is 0.417. The Morgan fingerprint density at radius 1 is 1.13 bits per heavy atom. The van der Waals surface area contributed by atoms with Crippen LogP contribution in [0.1, 0.15) is 56.0 Å². The Bertz CT molecular complexity index is 976. The quantitative estimate of drug-likeness (QED) is 0.482. The van der Waals surface area contributed by atoms with Gasteiger partial charge in [-0.05, 0) is 55.5 Å². The lowest BCUT2D eigenvalue weighted by atomic mass is 9.92. The van der Waals surface area contributed by atoms with Gasteiger partial charge in [-0.3, -0.25) is 0 Å². The van der Waals surface area contributed by atoms with Gasteiger partial charge in [-0.15, -0.1) is 0 Å². The molecule has 4 rings (SSSR count). The van der Waals surface area contributed by atoms with Crippen molar-refractivity contribution < 1.29 is 14.6 Å². The number of hydrogen-bond donors (Lipinski definition) is 4. The van der Waals surface area contributed by atoms with Gasteiger partial charge in [0.15, 0.2) is 0 Å². The summed E-state index contributed by atoms with van der Waals surface area (Å²) >= 11 is 0. The van der Waals surface area contributed by atoms with E-state index in [0.717, 1.165) is 53.9 Å². The molecule has 1 fully saturated rings. The van der Waals surface area contributed by atoms with Crippen LogP contribution in [-0.2, 0) is 0 Å². The first kappa shape index (κ1) is 21.2. The number of ether oxygens (including phenoxy) is 1. The summed E-state index contributed by atoms with van der Waals surface area (Å²) in [4.78, 5) is 21.0. The number of amides is 2. The van der Waals surface area contributed by atoms with Crippen LogP contribution in [0.25, 0.3) is 11.0 Å². The van der Waals surface area contributed by atoms with Gasteiger partial charge >= 0.3 is 6.03 Å². The van der Waals surface area contributed by atoms with E-state index >= 15 is 0 Å². The molecule has 0 bridgehead atoms.